The Bertz CT molecular complexity index is 630. The van der Waals surface area contributed by atoms with Crippen LogP contribution in [0, 0.1) is 5.92 Å². The van der Waals surface area contributed by atoms with E-state index in [-0.39, 0.29) is 18.2 Å². The van der Waals surface area contributed by atoms with Gasteiger partial charge in [0.2, 0.25) is 0 Å². The normalized spacial score (nSPS) is 27.0. The van der Waals surface area contributed by atoms with E-state index in [4.69, 9.17) is 4.74 Å². The van der Waals surface area contributed by atoms with Gasteiger partial charge >= 0.3 is 0 Å². The Labute approximate surface area is 157 Å². The summed E-state index contributed by atoms with van der Waals surface area (Å²) < 4.78 is 28.3. The molecular weight excluding hydrogens is 360 g/mol. The van der Waals surface area contributed by atoms with Crippen molar-refractivity contribution in [2.75, 3.05) is 26.0 Å². The first-order chi connectivity index (χ1) is 11.5. The highest BCUT2D eigenvalue weighted by atomic mass is 35.5. The molecule has 3 atom stereocenters. The molecule has 5 nitrogen and oxygen atoms in total. The second-order valence-corrected chi connectivity index (χ2v) is 9.24. The number of hydrogen-bond donors (Lipinski definition) is 2. The largest absolute Gasteiger partial charge is 0.379 e. The van der Waals surface area contributed by atoms with E-state index < -0.39 is 9.84 Å². The first-order valence-corrected chi connectivity index (χ1v) is 10.9. The van der Waals surface area contributed by atoms with Gasteiger partial charge in [-0.2, -0.15) is 0 Å². The van der Waals surface area contributed by atoms with Crippen LogP contribution >= 0.6 is 12.4 Å². The van der Waals surface area contributed by atoms with Gasteiger partial charge in [0, 0.05) is 31.4 Å². The summed E-state index contributed by atoms with van der Waals surface area (Å²) in [4.78, 5) is 0. The Balaban J connectivity index is 0.00000225. The van der Waals surface area contributed by atoms with Gasteiger partial charge in [-0.05, 0) is 29.9 Å². The molecule has 2 aliphatic rings. The molecule has 2 fully saturated rings. The van der Waals surface area contributed by atoms with Crippen molar-refractivity contribution in [3.8, 4) is 0 Å². The highest BCUT2D eigenvalue weighted by molar-refractivity contribution is 7.89. The van der Waals surface area contributed by atoms with Gasteiger partial charge in [0.1, 0.15) is 0 Å². The zero-order valence-corrected chi connectivity index (χ0v) is 16.4. The van der Waals surface area contributed by atoms with Crippen LogP contribution in [0.4, 0.5) is 0 Å². The molecule has 142 valence electrons. The molecule has 3 rings (SSSR count). The molecule has 0 spiro atoms. The predicted octanol–water partition coefficient (Wildman–Crippen LogP) is 1.90. The van der Waals surface area contributed by atoms with Crippen LogP contribution in [-0.4, -0.2) is 46.5 Å². The van der Waals surface area contributed by atoms with E-state index in [1.54, 1.807) is 0 Å². The molecule has 7 heteroatoms. The maximum absolute atomic E-state index is 11.3. The molecule has 2 N–H and O–H groups in total. The monoisotopic (exact) mass is 388 g/mol. The zero-order valence-electron chi connectivity index (χ0n) is 14.7. The molecule has 25 heavy (non-hydrogen) atoms. The molecule has 0 radical (unpaired) electrons. The molecule has 1 heterocycles. The molecular formula is C18H29ClN2O3S. The van der Waals surface area contributed by atoms with Crippen molar-refractivity contribution in [3.05, 3.63) is 35.4 Å². The molecule has 1 aromatic rings. The number of sulfone groups is 1. The number of morpholine rings is 1. The van der Waals surface area contributed by atoms with Crippen molar-refractivity contribution in [1.82, 2.24) is 10.6 Å². The summed E-state index contributed by atoms with van der Waals surface area (Å²) >= 11 is 0. The average Bonchev–Trinajstić information content (AvgIpc) is 3.02. The second-order valence-electron chi connectivity index (χ2n) is 7.10. The van der Waals surface area contributed by atoms with Crippen molar-refractivity contribution in [2.24, 2.45) is 5.92 Å². The van der Waals surface area contributed by atoms with Crippen LogP contribution in [0.25, 0.3) is 0 Å². The zero-order chi connectivity index (χ0) is 17.0. The Morgan fingerprint density at radius 3 is 2.56 bits per heavy atom. The van der Waals surface area contributed by atoms with E-state index >= 15 is 0 Å². The molecule has 1 aliphatic carbocycles. The quantitative estimate of drug-likeness (QED) is 0.779. The van der Waals surface area contributed by atoms with Gasteiger partial charge in [-0.15, -0.1) is 12.4 Å². The van der Waals surface area contributed by atoms with E-state index in [1.807, 2.05) is 24.3 Å². The summed E-state index contributed by atoms with van der Waals surface area (Å²) in [7, 11) is -2.97. The summed E-state index contributed by atoms with van der Waals surface area (Å²) in [6.45, 7) is 3.42. The van der Waals surface area contributed by atoms with Gasteiger partial charge in [-0.1, -0.05) is 30.7 Å². The Hall–Kier alpha value is -0.660. The number of hydrogen-bond acceptors (Lipinski definition) is 5. The topological polar surface area (TPSA) is 67.4 Å². The molecule has 3 unspecified atom stereocenters. The van der Waals surface area contributed by atoms with Crippen LogP contribution in [0.5, 0.6) is 0 Å². The van der Waals surface area contributed by atoms with Crippen molar-refractivity contribution < 1.29 is 13.2 Å². The van der Waals surface area contributed by atoms with E-state index in [1.165, 1.54) is 31.1 Å². The lowest BCUT2D eigenvalue weighted by atomic mass is 9.94. The highest BCUT2D eigenvalue weighted by Crippen LogP contribution is 2.29. The number of nitrogens with one attached hydrogen (secondary N) is 2. The SMILES string of the molecule is CS(=O)(=O)Cc1ccc(CNC2CCCC2C2COCCN2)cc1.Cl. The van der Waals surface area contributed by atoms with Crippen LogP contribution in [-0.2, 0) is 26.9 Å². The summed E-state index contributed by atoms with van der Waals surface area (Å²) in [6.07, 6.45) is 5.01. The summed E-state index contributed by atoms with van der Waals surface area (Å²) in [6, 6.07) is 8.89. The van der Waals surface area contributed by atoms with E-state index in [0.717, 1.165) is 31.9 Å². The van der Waals surface area contributed by atoms with Crippen LogP contribution in [0.15, 0.2) is 24.3 Å². The Morgan fingerprint density at radius 1 is 1.20 bits per heavy atom. The molecule has 0 aromatic heterocycles. The third-order valence-corrected chi connectivity index (χ3v) is 5.91. The van der Waals surface area contributed by atoms with Crippen LogP contribution in [0.2, 0.25) is 0 Å². The Kier molecular flexibility index (Phi) is 7.70. The van der Waals surface area contributed by atoms with Gasteiger partial charge in [0.25, 0.3) is 0 Å². The predicted molar refractivity (Wildman–Crippen MR) is 103 cm³/mol. The van der Waals surface area contributed by atoms with Gasteiger partial charge in [-0.3, -0.25) is 0 Å². The summed E-state index contributed by atoms with van der Waals surface area (Å²) in [5.41, 5.74) is 2.05. The van der Waals surface area contributed by atoms with Gasteiger partial charge in [0.15, 0.2) is 9.84 Å². The van der Waals surface area contributed by atoms with Crippen LogP contribution < -0.4 is 10.6 Å². The minimum Gasteiger partial charge on any atom is -0.379 e. The molecule has 1 saturated heterocycles. The number of halogens is 1. The molecule has 0 bridgehead atoms. The lowest BCUT2D eigenvalue weighted by molar-refractivity contribution is 0.0524. The van der Waals surface area contributed by atoms with Crippen LogP contribution in [0.1, 0.15) is 30.4 Å². The third-order valence-electron chi connectivity index (χ3n) is 5.06. The van der Waals surface area contributed by atoms with Gasteiger partial charge in [0.05, 0.1) is 19.0 Å². The standard InChI is InChI=1S/C18H28N2O3S.ClH/c1-24(21,22)13-15-7-5-14(6-8-15)11-20-17-4-2-3-16(17)18-12-23-10-9-19-18;/h5-8,16-20H,2-4,9-13H2,1H3;1H. The second kappa shape index (κ2) is 9.33. The summed E-state index contributed by atoms with van der Waals surface area (Å²) in [5.74, 6) is 0.744. The number of benzene rings is 1. The fraction of sp³-hybridized carbons (Fsp3) is 0.667. The van der Waals surface area contributed by atoms with Gasteiger partial charge < -0.3 is 15.4 Å². The lowest BCUT2D eigenvalue weighted by Gasteiger charge is -2.33. The molecule has 1 aromatic carbocycles. The van der Waals surface area contributed by atoms with E-state index in [2.05, 4.69) is 10.6 Å². The molecule has 0 amide bonds. The smallest absolute Gasteiger partial charge is 0.151 e. The van der Waals surface area contributed by atoms with Crippen molar-refractivity contribution in [1.29, 1.82) is 0 Å². The maximum Gasteiger partial charge on any atom is 0.151 e. The fourth-order valence-electron chi connectivity index (χ4n) is 3.89. The molecule has 1 aliphatic heterocycles. The van der Waals surface area contributed by atoms with Gasteiger partial charge in [-0.25, -0.2) is 8.42 Å². The Morgan fingerprint density at radius 2 is 1.92 bits per heavy atom. The lowest BCUT2D eigenvalue weighted by Crippen LogP contribution is -2.50. The average molecular weight is 389 g/mol. The molecule has 1 saturated carbocycles. The third kappa shape index (κ3) is 6.22. The van der Waals surface area contributed by atoms with Crippen molar-refractivity contribution in [3.63, 3.8) is 0 Å². The highest BCUT2D eigenvalue weighted by Gasteiger charge is 2.34. The maximum atomic E-state index is 11.3. The minimum atomic E-state index is -2.97. The van der Waals surface area contributed by atoms with Crippen molar-refractivity contribution >= 4 is 22.2 Å². The van der Waals surface area contributed by atoms with Crippen LogP contribution in [0.3, 0.4) is 0 Å². The van der Waals surface area contributed by atoms with E-state index in [9.17, 15) is 8.42 Å². The summed E-state index contributed by atoms with van der Waals surface area (Å²) in [5, 5.41) is 7.30. The number of rotatable bonds is 6. The first-order valence-electron chi connectivity index (χ1n) is 8.81. The fourth-order valence-corrected chi connectivity index (χ4v) is 4.69. The van der Waals surface area contributed by atoms with E-state index in [0.29, 0.717) is 18.0 Å². The van der Waals surface area contributed by atoms with Crippen molar-refractivity contribution in [2.45, 2.75) is 43.6 Å². The minimum absolute atomic E-state index is 0. The first kappa shape index (κ1) is 20.6. The number of ether oxygens (including phenoxy) is 1.